The molecule has 1 fully saturated rings. The van der Waals surface area contributed by atoms with Gasteiger partial charge in [-0.05, 0) is 31.4 Å². The summed E-state index contributed by atoms with van der Waals surface area (Å²) >= 11 is 0. The Labute approximate surface area is 103 Å². The molecule has 1 N–H and O–H groups in total. The van der Waals surface area contributed by atoms with Gasteiger partial charge in [0.2, 0.25) is 0 Å². The van der Waals surface area contributed by atoms with Crippen molar-refractivity contribution in [2.45, 2.75) is 20.3 Å². The second-order valence-electron chi connectivity index (χ2n) is 4.72. The normalized spacial score (nSPS) is 19.4. The van der Waals surface area contributed by atoms with E-state index in [1.165, 1.54) is 0 Å². The number of benzene rings is 1. The molecule has 0 aromatic heterocycles. The minimum Gasteiger partial charge on any atom is -0.385 e. The molecule has 17 heavy (non-hydrogen) atoms. The summed E-state index contributed by atoms with van der Waals surface area (Å²) in [6.45, 7) is 6.85. The lowest BCUT2D eigenvalue weighted by Gasteiger charge is -2.18. The van der Waals surface area contributed by atoms with Crippen LogP contribution in [-0.2, 0) is 0 Å². The highest BCUT2D eigenvalue weighted by Gasteiger charge is 2.25. The third-order valence-electron chi connectivity index (χ3n) is 3.24. The van der Waals surface area contributed by atoms with E-state index < -0.39 is 0 Å². The molecule has 0 spiro atoms. The van der Waals surface area contributed by atoms with Gasteiger partial charge >= 0.3 is 0 Å². The Morgan fingerprint density at radius 3 is 2.88 bits per heavy atom. The molecule has 1 heterocycles. The molecule has 0 saturated carbocycles. The Kier molecular flexibility index (Phi) is 3.67. The molecule has 0 bridgehead atoms. The van der Waals surface area contributed by atoms with Crippen molar-refractivity contribution in [1.82, 2.24) is 4.90 Å². The highest BCUT2D eigenvalue weighted by Crippen LogP contribution is 2.22. The Morgan fingerprint density at radius 2 is 2.24 bits per heavy atom. The topological polar surface area (TPSA) is 32.3 Å². The number of hydrogen-bond donors (Lipinski definition) is 1. The van der Waals surface area contributed by atoms with Gasteiger partial charge in [0.1, 0.15) is 0 Å². The highest BCUT2D eigenvalue weighted by atomic mass is 16.2. The highest BCUT2D eigenvalue weighted by molar-refractivity contribution is 5.99. The Hall–Kier alpha value is -1.51. The van der Waals surface area contributed by atoms with Crippen molar-refractivity contribution >= 4 is 11.6 Å². The zero-order valence-corrected chi connectivity index (χ0v) is 10.6. The number of likely N-dealkylation sites (tertiary alicyclic amines) is 1. The molecule has 1 aliphatic heterocycles. The van der Waals surface area contributed by atoms with Crippen molar-refractivity contribution in [2.24, 2.45) is 5.92 Å². The van der Waals surface area contributed by atoms with Crippen LogP contribution in [0.3, 0.4) is 0 Å². The second kappa shape index (κ2) is 5.21. The van der Waals surface area contributed by atoms with Gasteiger partial charge in [0.05, 0.1) is 5.56 Å². The first kappa shape index (κ1) is 12.0. The Balaban J connectivity index is 2.18. The van der Waals surface area contributed by atoms with Gasteiger partial charge in [-0.3, -0.25) is 4.79 Å². The van der Waals surface area contributed by atoms with Crippen LogP contribution in [0.15, 0.2) is 24.3 Å². The first-order valence-corrected chi connectivity index (χ1v) is 6.34. The lowest BCUT2D eigenvalue weighted by molar-refractivity contribution is 0.0789. The molecule has 1 aromatic rings. The molecule has 3 heteroatoms. The van der Waals surface area contributed by atoms with Gasteiger partial charge in [0.25, 0.3) is 5.91 Å². The summed E-state index contributed by atoms with van der Waals surface area (Å²) in [6.07, 6.45) is 1.12. The van der Waals surface area contributed by atoms with Crippen LogP contribution in [0.4, 0.5) is 5.69 Å². The summed E-state index contributed by atoms with van der Waals surface area (Å²) < 4.78 is 0. The van der Waals surface area contributed by atoms with Crippen molar-refractivity contribution in [3.8, 4) is 0 Å². The van der Waals surface area contributed by atoms with Crippen molar-refractivity contribution in [1.29, 1.82) is 0 Å². The van der Waals surface area contributed by atoms with Crippen LogP contribution >= 0.6 is 0 Å². The molecule has 1 amide bonds. The van der Waals surface area contributed by atoms with E-state index >= 15 is 0 Å². The SMILES string of the molecule is CCNc1ccccc1C(=O)N1CCC(C)C1. The Bertz CT molecular complexity index is 403. The molecule has 0 aliphatic carbocycles. The number of rotatable bonds is 3. The monoisotopic (exact) mass is 232 g/mol. The van der Waals surface area contributed by atoms with Gasteiger partial charge < -0.3 is 10.2 Å². The molecule has 0 radical (unpaired) electrons. The van der Waals surface area contributed by atoms with E-state index in [0.717, 1.165) is 37.3 Å². The molecular weight excluding hydrogens is 212 g/mol. The summed E-state index contributed by atoms with van der Waals surface area (Å²) in [5, 5.41) is 3.24. The van der Waals surface area contributed by atoms with Gasteiger partial charge in [-0.2, -0.15) is 0 Å². The van der Waals surface area contributed by atoms with Crippen LogP contribution in [0.5, 0.6) is 0 Å². The summed E-state index contributed by atoms with van der Waals surface area (Å²) in [6, 6.07) is 7.76. The molecule has 1 atom stereocenters. The smallest absolute Gasteiger partial charge is 0.255 e. The maximum Gasteiger partial charge on any atom is 0.255 e. The average Bonchev–Trinajstić information content (AvgIpc) is 2.76. The van der Waals surface area contributed by atoms with E-state index in [-0.39, 0.29) is 5.91 Å². The maximum absolute atomic E-state index is 12.4. The zero-order chi connectivity index (χ0) is 12.3. The Morgan fingerprint density at radius 1 is 1.47 bits per heavy atom. The van der Waals surface area contributed by atoms with Crippen LogP contribution < -0.4 is 5.32 Å². The first-order valence-electron chi connectivity index (χ1n) is 6.34. The van der Waals surface area contributed by atoms with Crippen molar-refractivity contribution in [3.63, 3.8) is 0 Å². The number of nitrogens with one attached hydrogen (secondary N) is 1. The van der Waals surface area contributed by atoms with E-state index in [4.69, 9.17) is 0 Å². The van der Waals surface area contributed by atoms with Crippen molar-refractivity contribution in [3.05, 3.63) is 29.8 Å². The fourth-order valence-electron chi connectivity index (χ4n) is 2.30. The quantitative estimate of drug-likeness (QED) is 0.868. The van der Waals surface area contributed by atoms with Gasteiger partial charge in [-0.25, -0.2) is 0 Å². The third kappa shape index (κ3) is 2.60. The van der Waals surface area contributed by atoms with E-state index in [1.54, 1.807) is 0 Å². The average molecular weight is 232 g/mol. The summed E-state index contributed by atoms with van der Waals surface area (Å²) in [7, 11) is 0. The predicted octanol–water partition coefficient (Wildman–Crippen LogP) is 2.60. The van der Waals surface area contributed by atoms with Crippen LogP contribution in [0.25, 0.3) is 0 Å². The van der Waals surface area contributed by atoms with E-state index in [2.05, 4.69) is 12.2 Å². The minimum absolute atomic E-state index is 0.158. The molecule has 1 aliphatic rings. The number of carbonyl (C=O) groups excluding carboxylic acids is 1. The predicted molar refractivity (Wildman–Crippen MR) is 70.3 cm³/mol. The molecule has 2 rings (SSSR count). The number of carbonyl (C=O) groups is 1. The fraction of sp³-hybridized carbons (Fsp3) is 0.500. The van der Waals surface area contributed by atoms with Crippen LogP contribution in [-0.4, -0.2) is 30.4 Å². The number of nitrogens with zero attached hydrogens (tertiary/aromatic N) is 1. The molecule has 3 nitrogen and oxygen atoms in total. The molecule has 1 unspecified atom stereocenters. The first-order chi connectivity index (χ1) is 8.22. The van der Waals surface area contributed by atoms with Crippen molar-refractivity contribution < 1.29 is 4.79 Å². The van der Waals surface area contributed by atoms with Crippen LogP contribution in [0, 0.1) is 5.92 Å². The number of amides is 1. The summed E-state index contributed by atoms with van der Waals surface area (Å²) in [5.41, 5.74) is 1.74. The largest absolute Gasteiger partial charge is 0.385 e. The molecule has 1 saturated heterocycles. The fourth-order valence-corrected chi connectivity index (χ4v) is 2.30. The van der Waals surface area contributed by atoms with Gasteiger partial charge in [-0.15, -0.1) is 0 Å². The second-order valence-corrected chi connectivity index (χ2v) is 4.72. The molecule has 92 valence electrons. The van der Waals surface area contributed by atoms with E-state index in [1.807, 2.05) is 36.1 Å². The molecule has 1 aromatic carbocycles. The zero-order valence-electron chi connectivity index (χ0n) is 10.6. The van der Waals surface area contributed by atoms with Crippen LogP contribution in [0.1, 0.15) is 30.6 Å². The maximum atomic E-state index is 12.4. The number of anilines is 1. The minimum atomic E-state index is 0.158. The van der Waals surface area contributed by atoms with E-state index in [9.17, 15) is 4.79 Å². The van der Waals surface area contributed by atoms with Gasteiger partial charge in [-0.1, -0.05) is 19.1 Å². The number of para-hydroxylation sites is 1. The van der Waals surface area contributed by atoms with Gasteiger partial charge in [0.15, 0.2) is 0 Å². The van der Waals surface area contributed by atoms with Crippen LogP contribution in [0.2, 0.25) is 0 Å². The van der Waals surface area contributed by atoms with Crippen molar-refractivity contribution in [2.75, 3.05) is 25.0 Å². The van der Waals surface area contributed by atoms with E-state index in [0.29, 0.717) is 5.92 Å². The number of hydrogen-bond acceptors (Lipinski definition) is 2. The standard InChI is InChI=1S/C14H20N2O/c1-3-15-13-7-5-4-6-12(13)14(17)16-9-8-11(2)10-16/h4-7,11,15H,3,8-10H2,1-2H3. The summed E-state index contributed by atoms with van der Waals surface area (Å²) in [4.78, 5) is 14.3. The molecular formula is C14H20N2O. The lowest BCUT2D eigenvalue weighted by Crippen LogP contribution is -2.29. The summed E-state index contributed by atoms with van der Waals surface area (Å²) in [5.74, 6) is 0.788. The third-order valence-corrected chi connectivity index (χ3v) is 3.24. The lowest BCUT2D eigenvalue weighted by atomic mass is 10.1. The van der Waals surface area contributed by atoms with Gasteiger partial charge in [0, 0.05) is 25.3 Å².